The molecule has 0 unspecified atom stereocenters. The van der Waals surface area contributed by atoms with Crippen LogP contribution in [-0.4, -0.2) is 6.26 Å². The van der Waals surface area contributed by atoms with Crippen molar-refractivity contribution in [1.82, 2.24) is 0 Å². The highest BCUT2D eigenvalue weighted by Crippen LogP contribution is 2.35. The highest BCUT2D eigenvalue weighted by atomic mass is 32.2. The van der Waals surface area contributed by atoms with E-state index in [0.717, 1.165) is 9.13 Å². The Bertz CT molecular complexity index is 459. The fourth-order valence-corrected chi connectivity index (χ4v) is 2.62. The number of nitriles is 2. The number of allylic oxidation sites excluding steroid dienone is 1. The van der Waals surface area contributed by atoms with Gasteiger partial charge in [0.05, 0.1) is 4.24 Å². The Hall–Kier alpha value is -1.36. The van der Waals surface area contributed by atoms with Crippen LogP contribution in [0.25, 0.3) is 0 Å². The normalized spacial score (nSPS) is 9.00. The van der Waals surface area contributed by atoms with Crippen molar-refractivity contribution in [2.75, 3.05) is 6.26 Å². The number of hydrogen-bond acceptors (Lipinski definition) is 4. The van der Waals surface area contributed by atoms with Crippen molar-refractivity contribution in [3.05, 3.63) is 39.6 Å². The van der Waals surface area contributed by atoms with Crippen molar-refractivity contribution in [3.63, 3.8) is 0 Å². The Morgan fingerprint density at radius 1 is 1.12 bits per heavy atom. The zero-order chi connectivity index (χ0) is 12.0. The molecule has 0 aromatic heterocycles. The van der Waals surface area contributed by atoms with Crippen LogP contribution < -0.4 is 0 Å². The van der Waals surface area contributed by atoms with Crippen molar-refractivity contribution in [3.8, 4) is 12.1 Å². The Morgan fingerprint density at radius 2 is 1.69 bits per heavy atom. The molecule has 0 radical (unpaired) electrons. The first-order valence-electron chi connectivity index (χ1n) is 4.54. The van der Waals surface area contributed by atoms with Gasteiger partial charge < -0.3 is 0 Å². The van der Waals surface area contributed by atoms with Crippen molar-refractivity contribution in [2.45, 2.75) is 11.8 Å². The van der Waals surface area contributed by atoms with Crippen molar-refractivity contribution < 1.29 is 0 Å². The fraction of sp³-hybridized carbons (Fsp3) is 0.167. The minimum absolute atomic E-state index is 0.179. The minimum atomic E-state index is 0.179. The lowest BCUT2D eigenvalue weighted by atomic mass is 10.2. The van der Waals surface area contributed by atoms with Crippen LogP contribution in [0.15, 0.2) is 39.0 Å². The summed E-state index contributed by atoms with van der Waals surface area (Å²) >= 11 is 2.88. The van der Waals surface area contributed by atoms with Crippen molar-refractivity contribution >= 4 is 23.5 Å². The molecule has 0 N–H and O–H groups in total. The summed E-state index contributed by atoms with van der Waals surface area (Å²) in [5.74, 6) is 0. The van der Waals surface area contributed by atoms with E-state index < -0.39 is 0 Å². The van der Waals surface area contributed by atoms with Gasteiger partial charge in [-0.3, -0.25) is 0 Å². The standard InChI is InChI=1S/C12H10N2S2/c1-9-3-5-11(6-4-9)16-12(15-2)10(7-13)8-14/h3-6H,1-2H3. The molecule has 0 aliphatic carbocycles. The molecule has 0 aliphatic heterocycles. The van der Waals surface area contributed by atoms with E-state index in [1.165, 1.54) is 29.1 Å². The predicted molar refractivity (Wildman–Crippen MR) is 68.8 cm³/mol. The minimum Gasteiger partial charge on any atom is -0.192 e. The van der Waals surface area contributed by atoms with Gasteiger partial charge in [0.15, 0.2) is 0 Å². The number of nitrogens with zero attached hydrogens (tertiary/aromatic N) is 2. The molecule has 1 aromatic carbocycles. The highest BCUT2D eigenvalue weighted by molar-refractivity contribution is 8.22. The molecule has 0 amide bonds. The molecule has 0 heterocycles. The van der Waals surface area contributed by atoms with E-state index in [1.54, 1.807) is 0 Å². The summed E-state index contributed by atoms with van der Waals surface area (Å²) in [5, 5.41) is 17.6. The lowest BCUT2D eigenvalue weighted by Gasteiger charge is -2.03. The Balaban J connectivity index is 2.96. The molecule has 80 valence electrons. The van der Waals surface area contributed by atoms with Gasteiger partial charge in [-0.1, -0.05) is 29.5 Å². The lowest BCUT2D eigenvalue weighted by Crippen LogP contribution is -1.80. The summed E-state index contributed by atoms with van der Waals surface area (Å²) in [5.41, 5.74) is 1.37. The van der Waals surface area contributed by atoms with Gasteiger partial charge in [0.2, 0.25) is 0 Å². The first-order chi connectivity index (χ1) is 7.71. The lowest BCUT2D eigenvalue weighted by molar-refractivity contribution is 1.38. The molecular formula is C12H10N2S2. The summed E-state index contributed by atoms with van der Waals surface area (Å²) in [7, 11) is 0. The van der Waals surface area contributed by atoms with Crippen molar-refractivity contribution in [2.24, 2.45) is 0 Å². The third-order valence-corrected chi connectivity index (χ3v) is 4.07. The zero-order valence-electron chi connectivity index (χ0n) is 9.02. The van der Waals surface area contributed by atoms with Gasteiger partial charge in [-0.05, 0) is 25.3 Å². The molecule has 0 saturated heterocycles. The SMILES string of the molecule is CSC(Sc1ccc(C)cc1)=C(C#N)C#N. The van der Waals surface area contributed by atoms with Crippen molar-refractivity contribution in [1.29, 1.82) is 10.5 Å². The van der Waals surface area contributed by atoms with Crippen LogP contribution in [0.5, 0.6) is 0 Å². The van der Waals surface area contributed by atoms with E-state index in [4.69, 9.17) is 10.5 Å². The molecule has 0 aliphatic rings. The maximum Gasteiger partial charge on any atom is 0.149 e. The molecule has 0 spiro atoms. The number of hydrogen-bond donors (Lipinski definition) is 0. The molecule has 2 nitrogen and oxygen atoms in total. The van der Waals surface area contributed by atoms with Crippen LogP contribution in [-0.2, 0) is 0 Å². The van der Waals surface area contributed by atoms with E-state index in [1.807, 2.05) is 49.6 Å². The van der Waals surface area contributed by atoms with E-state index in [2.05, 4.69) is 0 Å². The van der Waals surface area contributed by atoms with E-state index in [-0.39, 0.29) is 5.57 Å². The molecule has 16 heavy (non-hydrogen) atoms. The molecular weight excluding hydrogens is 236 g/mol. The summed E-state index contributed by atoms with van der Waals surface area (Å²) in [6, 6.07) is 11.8. The van der Waals surface area contributed by atoms with Crippen LogP contribution in [0.3, 0.4) is 0 Å². The molecule has 1 aromatic rings. The van der Waals surface area contributed by atoms with E-state index in [9.17, 15) is 0 Å². The molecule has 4 heteroatoms. The first-order valence-corrected chi connectivity index (χ1v) is 6.58. The quantitative estimate of drug-likeness (QED) is 0.602. The number of thioether (sulfide) groups is 2. The number of rotatable bonds is 3. The summed E-state index contributed by atoms with van der Waals surface area (Å²) in [6.07, 6.45) is 1.87. The second-order valence-corrected chi connectivity index (χ2v) is 5.16. The van der Waals surface area contributed by atoms with Gasteiger partial charge >= 0.3 is 0 Å². The third-order valence-electron chi connectivity index (χ3n) is 1.84. The van der Waals surface area contributed by atoms with Gasteiger partial charge in [0.1, 0.15) is 17.7 Å². The third kappa shape index (κ3) is 3.34. The second-order valence-electron chi connectivity index (χ2n) is 3.01. The average Bonchev–Trinajstić information content (AvgIpc) is 2.32. The summed E-state index contributed by atoms with van der Waals surface area (Å²) < 4.78 is 0.744. The van der Waals surface area contributed by atoms with Gasteiger partial charge in [0.25, 0.3) is 0 Å². The predicted octanol–water partition coefficient (Wildman–Crippen LogP) is 3.71. The Kier molecular flexibility index (Phi) is 4.98. The first kappa shape index (κ1) is 12.7. The van der Waals surface area contributed by atoms with Crippen LogP contribution in [0.1, 0.15) is 5.56 Å². The number of aryl methyl sites for hydroxylation is 1. The fourth-order valence-electron chi connectivity index (χ4n) is 1.02. The Labute approximate surface area is 104 Å². The maximum absolute atomic E-state index is 8.79. The molecule has 0 bridgehead atoms. The van der Waals surface area contributed by atoms with Gasteiger partial charge in [-0.25, -0.2) is 0 Å². The van der Waals surface area contributed by atoms with Gasteiger partial charge in [-0.15, -0.1) is 11.8 Å². The van der Waals surface area contributed by atoms with E-state index >= 15 is 0 Å². The van der Waals surface area contributed by atoms with Crippen LogP contribution in [0.2, 0.25) is 0 Å². The number of benzene rings is 1. The largest absolute Gasteiger partial charge is 0.192 e. The summed E-state index contributed by atoms with van der Waals surface area (Å²) in [4.78, 5) is 1.04. The van der Waals surface area contributed by atoms with Gasteiger partial charge in [-0.2, -0.15) is 10.5 Å². The zero-order valence-corrected chi connectivity index (χ0v) is 10.7. The van der Waals surface area contributed by atoms with Gasteiger partial charge in [0, 0.05) is 4.90 Å². The Morgan fingerprint density at radius 3 is 2.12 bits per heavy atom. The maximum atomic E-state index is 8.79. The van der Waals surface area contributed by atoms with Crippen LogP contribution >= 0.6 is 23.5 Å². The highest BCUT2D eigenvalue weighted by Gasteiger charge is 2.07. The molecule has 1 rings (SSSR count). The molecule has 0 atom stereocenters. The van der Waals surface area contributed by atoms with Crippen LogP contribution in [0.4, 0.5) is 0 Å². The van der Waals surface area contributed by atoms with E-state index in [0.29, 0.717) is 0 Å². The smallest absolute Gasteiger partial charge is 0.149 e. The average molecular weight is 246 g/mol. The summed E-state index contributed by atoms with van der Waals surface area (Å²) in [6.45, 7) is 2.02. The molecule has 0 saturated carbocycles. The second kappa shape index (κ2) is 6.27. The van der Waals surface area contributed by atoms with Crippen LogP contribution in [0, 0.1) is 29.6 Å². The monoisotopic (exact) mass is 246 g/mol. The topological polar surface area (TPSA) is 47.6 Å². The molecule has 0 fully saturated rings.